The quantitative estimate of drug-likeness (QED) is 0.640. The summed E-state index contributed by atoms with van der Waals surface area (Å²) in [6.07, 6.45) is 2.82. The van der Waals surface area contributed by atoms with Gasteiger partial charge in [-0.2, -0.15) is 0 Å². The van der Waals surface area contributed by atoms with Crippen LogP contribution in [0.1, 0.15) is 39.5 Å². The molecule has 0 radical (unpaired) electrons. The predicted molar refractivity (Wildman–Crippen MR) is 60.1 cm³/mol. The van der Waals surface area contributed by atoms with Crippen molar-refractivity contribution >= 4 is 11.9 Å². The Bertz CT molecular complexity index is 274. The molecule has 1 aliphatic rings. The van der Waals surface area contributed by atoms with E-state index in [0.717, 1.165) is 19.4 Å². The minimum atomic E-state index is -1.14. The van der Waals surface area contributed by atoms with Crippen LogP contribution in [0.5, 0.6) is 0 Å². The molecule has 1 amide bonds. The zero-order valence-corrected chi connectivity index (χ0v) is 9.88. The maximum Gasteiger partial charge on any atom is 0.329 e. The summed E-state index contributed by atoms with van der Waals surface area (Å²) in [5, 5.41) is 14.8. The van der Waals surface area contributed by atoms with Gasteiger partial charge in [-0.15, -0.1) is 0 Å². The molecule has 1 aliphatic heterocycles. The molecule has 2 atom stereocenters. The van der Waals surface area contributed by atoms with E-state index >= 15 is 0 Å². The molecule has 1 rings (SSSR count). The zero-order chi connectivity index (χ0) is 12.2. The molecule has 3 N–H and O–H groups in total. The third-order valence-electron chi connectivity index (χ3n) is 3.19. The van der Waals surface area contributed by atoms with Gasteiger partial charge in [0.2, 0.25) is 5.91 Å². The van der Waals surface area contributed by atoms with Gasteiger partial charge in [0.25, 0.3) is 0 Å². The van der Waals surface area contributed by atoms with E-state index in [9.17, 15) is 9.59 Å². The summed E-state index contributed by atoms with van der Waals surface area (Å²) in [5.41, 5.74) is -1.14. The number of nitrogens with one attached hydrogen (secondary N) is 2. The molecule has 0 aromatic heterocycles. The number of aliphatic carboxylic acids is 1. The summed E-state index contributed by atoms with van der Waals surface area (Å²) >= 11 is 0. The fraction of sp³-hybridized carbons (Fsp3) is 0.818. The number of carboxylic acids is 1. The highest BCUT2D eigenvalue weighted by atomic mass is 16.4. The summed E-state index contributed by atoms with van der Waals surface area (Å²) in [4.78, 5) is 22.7. The first-order valence-corrected chi connectivity index (χ1v) is 5.75. The summed E-state index contributed by atoms with van der Waals surface area (Å²) in [6, 6.07) is 0.204. The number of carboxylic acid groups (broad SMARTS) is 1. The first-order valence-electron chi connectivity index (χ1n) is 5.75. The van der Waals surface area contributed by atoms with Gasteiger partial charge >= 0.3 is 5.97 Å². The molecule has 16 heavy (non-hydrogen) atoms. The van der Waals surface area contributed by atoms with Crippen LogP contribution in [0.3, 0.4) is 0 Å². The number of hydrogen-bond acceptors (Lipinski definition) is 3. The van der Waals surface area contributed by atoms with Crippen molar-refractivity contribution in [2.75, 3.05) is 6.54 Å². The average molecular weight is 228 g/mol. The Balaban J connectivity index is 2.45. The molecule has 5 nitrogen and oxygen atoms in total. The SMILES string of the molecule is CCC(C)(NC(=O)CC1CCCN1)C(=O)O. The Kier molecular flexibility index (Phi) is 4.29. The third-order valence-corrected chi connectivity index (χ3v) is 3.19. The Morgan fingerprint density at radius 3 is 2.69 bits per heavy atom. The molecule has 0 saturated carbocycles. The largest absolute Gasteiger partial charge is 0.480 e. The van der Waals surface area contributed by atoms with Gasteiger partial charge in [-0.1, -0.05) is 6.92 Å². The molecular formula is C11H20N2O3. The highest BCUT2D eigenvalue weighted by Crippen LogP contribution is 2.12. The number of rotatable bonds is 5. The van der Waals surface area contributed by atoms with Crippen LogP contribution in [0.15, 0.2) is 0 Å². The van der Waals surface area contributed by atoms with Crippen molar-refractivity contribution in [3.05, 3.63) is 0 Å². The molecular weight excluding hydrogens is 208 g/mol. The monoisotopic (exact) mass is 228 g/mol. The molecule has 0 aromatic rings. The maximum atomic E-state index is 11.7. The van der Waals surface area contributed by atoms with Crippen molar-refractivity contribution in [3.63, 3.8) is 0 Å². The van der Waals surface area contributed by atoms with Crippen molar-refractivity contribution in [2.24, 2.45) is 0 Å². The van der Waals surface area contributed by atoms with E-state index in [2.05, 4.69) is 10.6 Å². The second kappa shape index (κ2) is 5.30. The molecule has 0 aromatic carbocycles. The highest BCUT2D eigenvalue weighted by molar-refractivity contribution is 5.86. The van der Waals surface area contributed by atoms with Crippen LogP contribution in [0.25, 0.3) is 0 Å². The third kappa shape index (κ3) is 3.20. The van der Waals surface area contributed by atoms with Gasteiger partial charge in [0, 0.05) is 12.5 Å². The van der Waals surface area contributed by atoms with E-state index in [1.165, 1.54) is 6.92 Å². The normalized spacial score (nSPS) is 23.8. The topological polar surface area (TPSA) is 78.4 Å². The van der Waals surface area contributed by atoms with Gasteiger partial charge < -0.3 is 15.7 Å². The second-order valence-corrected chi connectivity index (χ2v) is 4.54. The van der Waals surface area contributed by atoms with Gasteiger partial charge in [-0.05, 0) is 32.7 Å². The number of carbonyl (C=O) groups is 2. The fourth-order valence-corrected chi connectivity index (χ4v) is 1.81. The van der Waals surface area contributed by atoms with Crippen LogP contribution in [0.2, 0.25) is 0 Å². The predicted octanol–water partition coefficient (Wildman–Crippen LogP) is 0.498. The van der Waals surface area contributed by atoms with Gasteiger partial charge in [-0.3, -0.25) is 4.79 Å². The number of amides is 1. The second-order valence-electron chi connectivity index (χ2n) is 4.54. The van der Waals surface area contributed by atoms with E-state index in [1.807, 2.05) is 0 Å². The van der Waals surface area contributed by atoms with E-state index in [0.29, 0.717) is 12.8 Å². The molecule has 0 aliphatic carbocycles. The molecule has 1 heterocycles. The Morgan fingerprint density at radius 1 is 1.56 bits per heavy atom. The minimum Gasteiger partial charge on any atom is -0.480 e. The summed E-state index contributed by atoms with van der Waals surface area (Å²) < 4.78 is 0. The van der Waals surface area contributed by atoms with Crippen LogP contribution in [0, 0.1) is 0 Å². The van der Waals surface area contributed by atoms with E-state index in [1.54, 1.807) is 6.92 Å². The van der Waals surface area contributed by atoms with Crippen molar-refractivity contribution in [3.8, 4) is 0 Å². The maximum absolute atomic E-state index is 11.7. The van der Waals surface area contributed by atoms with Crippen molar-refractivity contribution in [1.29, 1.82) is 0 Å². The van der Waals surface area contributed by atoms with Gasteiger partial charge in [0.05, 0.1) is 0 Å². The lowest BCUT2D eigenvalue weighted by atomic mass is 9.98. The summed E-state index contributed by atoms with van der Waals surface area (Å²) in [5.74, 6) is -1.17. The van der Waals surface area contributed by atoms with Crippen LogP contribution in [0.4, 0.5) is 0 Å². The fourth-order valence-electron chi connectivity index (χ4n) is 1.81. The summed E-state index contributed by atoms with van der Waals surface area (Å²) in [6.45, 7) is 4.24. The van der Waals surface area contributed by atoms with Crippen molar-refractivity contribution in [2.45, 2.75) is 51.1 Å². The molecule has 92 valence electrons. The Morgan fingerprint density at radius 2 is 2.25 bits per heavy atom. The van der Waals surface area contributed by atoms with Crippen molar-refractivity contribution < 1.29 is 14.7 Å². The van der Waals surface area contributed by atoms with E-state index in [4.69, 9.17) is 5.11 Å². The van der Waals surface area contributed by atoms with Gasteiger partial charge in [-0.25, -0.2) is 4.79 Å². The Hall–Kier alpha value is -1.10. The van der Waals surface area contributed by atoms with Crippen molar-refractivity contribution in [1.82, 2.24) is 10.6 Å². The van der Waals surface area contributed by atoms with Crippen LogP contribution >= 0.6 is 0 Å². The lowest BCUT2D eigenvalue weighted by molar-refractivity contribution is -0.147. The average Bonchev–Trinajstić information content (AvgIpc) is 2.69. The molecule has 0 spiro atoms. The standard InChI is InChI=1S/C11H20N2O3/c1-3-11(2,10(15)16)13-9(14)7-8-5-4-6-12-8/h8,12H,3-7H2,1-2H3,(H,13,14)(H,15,16). The molecule has 0 bridgehead atoms. The van der Waals surface area contributed by atoms with Gasteiger partial charge in [0.15, 0.2) is 0 Å². The van der Waals surface area contributed by atoms with Crippen LogP contribution in [-0.2, 0) is 9.59 Å². The highest BCUT2D eigenvalue weighted by Gasteiger charge is 2.33. The molecule has 1 fully saturated rings. The van der Waals surface area contributed by atoms with Crippen LogP contribution in [-0.4, -0.2) is 35.1 Å². The summed E-state index contributed by atoms with van der Waals surface area (Å²) in [7, 11) is 0. The number of carbonyl (C=O) groups excluding carboxylic acids is 1. The lowest BCUT2D eigenvalue weighted by Gasteiger charge is -2.25. The first-order chi connectivity index (χ1) is 7.48. The van der Waals surface area contributed by atoms with E-state index < -0.39 is 11.5 Å². The van der Waals surface area contributed by atoms with Crippen LogP contribution < -0.4 is 10.6 Å². The smallest absolute Gasteiger partial charge is 0.329 e. The zero-order valence-electron chi connectivity index (χ0n) is 9.88. The number of hydrogen-bond donors (Lipinski definition) is 3. The first kappa shape index (κ1) is 13.0. The van der Waals surface area contributed by atoms with E-state index in [-0.39, 0.29) is 11.9 Å². The van der Waals surface area contributed by atoms with Gasteiger partial charge in [0.1, 0.15) is 5.54 Å². The molecule has 1 saturated heterocycles. The minimum absolute atomic E-state index is 0.189. The Labute approximate surface area is 95.6 Å². The lowest BCUT2D eigenvalue weighted by Crippen LogP contribution is -2.52. The molecule has 2 unspecified atom stereocenters. The molecule has 5 heteroatoms.